The first-order valence-corrected chi connectivity index (χ1v) is 24.9. The summed E-state index contributed by atoms with van der Waals surface area (Å²) in [6.45, 7) is 26.8. The van der Waals surface area contributed by atoms with E-state index in [-0.39, 0.29) is 33.5 Å². The second-order valence-corrected chi connectivity index (χ2v) is 23.1. The van der Waals surface area contributed by atoms with E-state index in [1.165, 1.54) is 27.2 Å². The third-order valence-electron chi connectivity index (χ3n) is 13.9. The van der Waals surface area contributed by atoms with Crippen LogP contribution < -0.4 is 14.7 Å². The molecule has 0 atom stereocenters. The Kier molecular flexibility index (Phi) is 12.5. The number of amides is 2. The SMILES string of the molecule is CC(C)(C)c1ccc(N(c2ccc(-c3ccc(-c4ccc(N(c5ccc(C(C)(C)C)cc5)c5ccc(C(C)(C)C)cc5)cc4)c4c3C(=O)N(c3ccccc3)C4=O)cc2)c2ccc(C(C)(C)C)cc2)cc1. The molecule has 0 bridgehead atoms. The number of fused-ring (bicyclic) bond motifs is 1. The van der Waals surface area contributed by atoms with Gasteiger partial charge in [0.25, 0.3) is 11.8 Å². The van der Waals surface area contributed by atoms with E-state index in [1.807, 2.05) is 42.5 Å². The Hall–Kier alpha value is -7.50. The van der Waals surface area contributed by atoms with Gasteiger partial charge in [0.1, 0.15) is 0 Å². The highest BCUT2D eigenvalue weighted by atomic mass is 16.2. The number of anilines is 7. The van der Waals surface area contributed by atoms with Crippen molar-refractivity contribution in [1.29, 1.82) is 0 Å². The van der Waals surface area contributed by atoms with Gasteiger partial charge in [-0.05, 0) is 151 Å². The Morgan fingerprint density at radius 2 is 0.535 bits per heavy atom. The monoisotopic (exact) mass is 934 g/mol. The zero-order valence-electron chi connectivity index (χ0n) is 43.6. The first-order chi connectivity index (χ1) is 33.6. The molecule has 0 saturated heterocycles. The van der Waals surface area contributed by atoms with Crippen LogP contribution in [-0.2, 0) is 21.7 Å². The lowest BCUT2D eigenvalue weighted by molar-refractivity contribution is 0.0926. The van der Waals surface area contributed by atoms with E-state index >= 15 is 0 Å². The molecular weight excluding hydrogens is 867 g/mol. The normalized spacial score (nSPS) is 13.1. The number of rotatable bonds is 9. The summed E-state index contributed by atoms with van der Waals surface area (Å²) in [6.07, 6.45) is 0. The second kappa shape index (κ2) is 18.4. The van der Waals surface area contributed by atoms with Crippen molar-refractivity contribution in [2.45, 2.75) is 105 Å². The predicted molar refractivity (Wildman–Crippen MR) is 299 cm³/mol. The van der Waals surface area contributed by atoms with Gasteiger partial charge in [0.05, 0.1) is 16.8 Å². The minimum atomic E-state index is -0.336. The van der Waals surface area contributed by atoms with Crippen LogP contribution in [-0.4, -0.2) is 11.8 Å². The summed E-state index contributed by atoms with van der Waals surface area (Å²) in [7, 11) is 0. The molecule has 8 aromatic rings. The van der Waals surface area contributed by atoms with Crippen molar-refractivity contribution >= 4 is 51.6 Å². The van der Waals surface area contributed by atoms with Crippen molar-refractivity contribution < 1.29 is 9.59 Å². The molecule has 5 nitrogen and oxygen atoms in total. The van der Waals surface area contributed by atoms with Gasteiger partial charge in [0, 0.05) is 34.1 Å². The molecular formula is C66H67N3O2. The summed E-state index contributed by atoms with van der Waals surface area (Å²) < 4.78 is 0. The summed E-state index contributed by atoms with van der Waals surface area (Å²) >= 11 is 0. The highest BCUT2D eigenvalue weighted by Crippen LogP contribution is 2.44. The third-order valence-corrected chi connectivity index (χ3v) is 13.9. The summed E-state index contributed by atoms with van der Waals surface area (Å²) in [5.74, 6) is -0.673. The number of para-hydroxylation sites is 1. The van der Waals surface area contributed by atoms with Crippen molar-refractivity contribution in [1.82, 2.24) is 0 Å². The van der Waals surface area contributed by atoms with Crippen molar-refractivity contribution in [2.75, 3.05) is 14.7 Å². The fraction of sp³-hybridized carbons (Fsp3) is 0.242. The quantitative estimate of drug-likeness (QED) is 0.135. The number of nitrogens with zero attached hydrogens (tertiary/aromatic N) is 3. The van der Waals surface area contributed by atoms with E-state index in [0.717, 1.165) is 45.3 Å². The van der Waals surface area contributed by atoms with Gasteiger partial charge in [-0.2, -0.15) is 0 Å². The van der Waals surface area contributed by atoms with E-state index in [2.05, 4.69) is 238 Å². The summed E-state index contributed by atoms with van der Waals surface area (Å²) in [5.41, 5.74) is 15.8. The largest absolute Gasteiger partial charge is 0.311 e. The Bertz CT molecular complexity index is 2880. The molecule has 1 aliphatic rings. The lowest BCUT2D eigenvalue weighted by Gasteiger charge is -2.28. The lowest BCUT2D eigenvalue weighted by Crippen LogP contribution is -2.29. The van der Waals surface area contributed by atoms with Gasteiger partial charge in [-0.15, -0.1) is 0 Å². The van der Waals surface area contributed by atoms with Crippen LogP contribution in [0.3, 0.4) is 0 Å². The number of benzene rings is 8. The minimum Gasteiger partial charge on any atom is -0.311 e. The minimum absolute atomic E-state index is 0.0213. The molecule has 358 valence electrons. The van der Waals surface area contributed by atoms with Gasteiger partial charge in [0.15, 0.2) is 0 Å². The van der Waals surface area contributed by atoms with Crippen LogP contribution in [0, 0.1) is 0 Å². The molecule has 8 aromatic carbocycles. The fourth-order valence-corrected chi connectivity index (χ4v) is 9.57. The van der Waals surface area contributed by atoms with Gasteiger partial charge in [-0.25, -0.2) is 4.90 Å². The van der Waals surface area contributed by atoms with Gasteiger partial charge in [0.2, 0.25) is 0 Å². The summed E-state index contributed by atoms with van der Waals surface area (Å²) in [4.78, 5) is 35.6. The second-order valence-electron chi connectivity index (χ2n) is 23.1. The zero-order valence-corrected chi connectivity index (χ0v) is 43.6. The van der Waals surface area contributed by atoms with Crippen LogP contribution in [0.1, 0.15) is 126 Å². The maximum atomic E-state index is 14.8. The van der Waals surface area contributed by atoms with Crippen molar-refractivity contribution in [2.24, 2.45) is 0 Å². The zero-order chi connectivity index (χ0) is 50.6. The molecule has 9 rings (SSSR count). The predicted octanol–water partition coefficient (Wildman–Crippen LogP) is 18.0. The molecule has 0 aromatic heterocycles. The van der Waals surface area contributed by atoms with Crippen molar-refractivity contribution in [3.8, 4) is 22.3 Å². The molecule has 1 aliphatic heterocycles. The van der Waals surface area contributed by atoms with Crippen LogP contribution in [0.2, 0.25) is 0 Å². The highest BCUT2D eigenvalue weighted by Gasteiger charge is 2.41. The Morgan fingerprint density at radius 3 is 0.775 bits per heavy atom. The number of hydrogen-bond acceptors (Lipinski definition) is 4. The van der Waals surface area contributed by atoms with Gasteiger partial charge >= 0.3 is 0 Å². The van der Waals surface area contributed by atoms with E-state index in [0.29, 0.717) is 27.9 Å². The van der Waals surface area contributed by atoms with Crippen molar-refractivity contribution in [3.63, 3.8) is 0 Å². The van der Waals surface area contributed by atoms with Gasteiger partial charge < -0.3 is 9.80 Å². The van der Waals surface area contributed by atoms with Crippen molar-refractivity contribution in [3.05, 3.63) is 221 Å². The van der Waals surface area contributed by atoms with Gasteiger partial charge in [-0.3, -0.25) is 9.59 Å². The first kappa shape index (κ1) is 48.5. The fourth-order valence-electron chi connectivity index (χ4n) is 9.57. The highest BCUT2D eigenvalue weighted by molar-refractivity contribution is 6.37. The van der Waals surface area contributed by atoms with Crippen LogP contribution in [0.25, 0.3) is 22.3 Å². The van der Waals surface area contributed by atoms with Gasteiger partial charge in [-0.1, -0.05) is 186 Å². The van der Waals surface area contributed by atoms with Crippen LogP contribution in [0.4, 0.5) is 39.8 Å². The molecule has 0 radical (unpaired) electrons. The third kappa shape index (κ3) is 9.71. The van der Waals surface area contributed by atoms with E-state index in [9.17, 15) is 9.59 Å². The Labute approximate surface area is 422 Å². The smallest absolute Gasteiger partial charge is 0.266 e. The van der Waals surface area contributed by atoms with Crippen LogP contribution >= 0.6 is 0 Å². The molecule has 0 aliphatic carbocycles. The number of carbonyl (C=O) groups is 2. The molecule has 0 fully saturated rings. The average molecular weight is 934 g/mol. The first-order valence-electron chi connectivity index (χ1n) is 24.9. The van der Waals surface area contributed by atoms with Crippen LogP contribution in [0.5, 0.6) is 0 Å². The maximum Gasteiger partial charge on any atom is 0.266 e. The average Bonchev–Trinajstić information content (AvgIpc) is 3.61. The standard InChI is InChI=1S/C66H67N3O2/c1-63(2,3)46-22-34-53(35-23-46)67(54-36-24-47(25-37-54)64(4,5)6)51-30-18-44(19-31-51)57-42-43-58(60-59(57)61(70)69(62(60)71)50-16-14-13-15-17-50)45-20-32-52(33-21-45)68(55-38-26-48(27-39-55)65(7,8)9)56-40-28-49(29-41-56)66(10,11)12/h13-43H,1-12H3. The van der Waals surface area contributed by atoms with E-state index < -0.39 is 0 Å². The van der Waals surface area contributed by atoms with E-state index in [1.54, 1.807) is 0 Å². The number of hydrogen-bond donors (Lipinski definition) is 0. The molecule has 5 heteroatoms. The van der Waals surface area contributed by atoms with Crippen LogP contribution in [0.15, 0.2) is 188 Å². The Balaban J connectivity index is 1.12. The van der Waals surface area contributed by atoms with E-state index in [4.69, 9.17) is 0 Å². The summed E-state index contributed by atoms with van der Waals surface area (Å²) in [5, 5.41) is 0. The molecule has 2 amide bonds. The molecule has 0 saturated carbocycles. The molecule has 0 spiro atoms. The topological polar surface area (TPSA) is 43.9 Å². The molecule has 0 N–H and O–H groups in total. The molecule has 0 unspecified atom stereocenters. The maximum absolute atomic E-state index is 14.8. The number of imide groups is 1. The lowest BCUT2D eigenvalue weighted by atomic mass is 9.86. The summed E-state index contributed by atoms with van der Waals surface area (Å²) in [6, 6.07) is 65.2. The molecule has 71 heavy (non-hydrogen) atoms. The Morgan fingerprint density at radius 1 is 0.296 bits per heavy atom. The molecule has 1 heterocycles. The number of carbonyl (C=O) groups excluding carboxylic acids is 2.